The standard InChI is InChI=1S/C18H25BrN2O3/c1-18(2,3)24-17(23)21-10-8-13(9-11-21)15(16(20)22)12-4-6-14(19)7-5-12/h4-7,13,15H,8-11H2,1-3H3,(H2,20,22)/t15-/m0/s1. The first-order valence-electron chi connectivity index (χ1n) is 8.20. The Balaban J connectivity index is 2.02. The van der Waals surface area contributed by atoms with Crippen molar-refractivity contribution in [3.63, 3.8) is 0 Å². The van der Waals surface area contributed by atoms with Crippen LogP contribution in [0.2, 0.25) is 0 Å². The first kappa shape index (κ1) is 18.8. The lowest BCUT2D eigenvalue weighted by molar-refractivity contribution is -0.121. The van der Waals surface area contributed by atoms with Crippen LogP contribution in [0.3, 0.4) is 0 Å². The van der Waals surface area contributed by atoms with Crippen LogP contribution in [0.5, 0.6) is 0 Å². The summed E-state index contributed by atoms with van der Waals surface area (Å²) in [5.41, 5.74) is 6.09. The van der Waals surface area contributed by atoms with Gasteiger partial charge in [-0.1, -0.05) is 28.1 Å². The van der Waals surface area contributed by atoms with Crippen LogP contribution in [0.15, 0.2) is 28.7 Å². The highest BCUT2D eigenvalue weighted by molar-refractivity contribution is 9.10. The van der Waals surface area contributed by atoms with E-state index >= 15 is 0 Å². The number of carbonyl (C=O) groups is 2. The highest BCUT2D eigenvalue weighted by atomic mass is 79.9. The molecule has 1 heterocycles. The van der Waals surface area contributed by atoms with Crippen LogP contribution < -0.4 is 5.73 Å². The molecule has 2 N–H and O–H groups in total. The highest BCUT2D eigenvalue weighted by Gasteiger charge is 2.33. The quantitative estimate of drug-likeness (QED) is 0.846. The number of nitrogens with two attached hydrogens (primary N) is 1. The molecule has 1 aliphatic heterocycles. The van der Waals surface area contributed by atoms with Gasteiger partial charge in [-0.3, -0.25) is 4.79 Å². The van der Waals surface area contributed by atoms with Crippen molar-refractivity contribution in [2.45, 2.75) is 45.1 Å². The molecule has 1 fully saturated rings. The largest absolute Gasteiger partial charge is 0.444 e. The second kappa shape index (κ2) is 7.55. The van der Waals surface area contributed by atoms with Crippen molar-refractivity contribution in [2.75, 3.05) is 13.1 Å². The Bertz CT molecular complexity index is 587. The number of halogens is 1. The van der Waals surface area contributed by atoms with Crippen molar-refractivity contribution in [1.82, 2.24) is 4.90 Å². The van der Waals surface area contributed by atoms with E-state index in [2.05, 4.69) is 15.9 Å². The average molecular weight is 397 g/mol. The lowest BCUT2D eigenvalue weighted by Gasteiger charge is -2.36. The molecule has 24 heavy (non-hydrogen) atoms. The molecule has 1 atom stereocenters. The van der Waals surface area contributed by atoms with Gasteiger partial charge >= 0.3 is 6.09 Å². The van der Waals surface area contributed by atoms with E-state index in [9.17, 15) is 9.59 Å². The Morgan fingerprint density at radius 2 is 1.75 bits per heavy atom. The van der Waals surface area contributed by atoms with Crippen LogP contribution in [0.1, 0.15) is 45.1 Å². The molecule has 1 saturated heterocycles. The molecule has 0 radical (unpaired) electrons. The zero-order valence-corrected chi connectivity index (χ0v) is 16.0. The highest BCUT2D eigenvalue weighted by Crippen LogP contribution is 2.33. The number of nitrogens with zero attached hydrogens (tertiary/aromatic N) is 1. The Kier molecular flexibility index (Phi) is 5.91. The Morgan fingerprint density at radius 1 is 1.21 bits per heavy atom. The monoisotopic (exact) mass is 396 g/mol. The van der Waals surface area contributed by atoms with E-state index in [1.54, 1.807) is 4.90 Å². The molecular weight excluding hydrogens is 372 g/mol. The number of primary amides is 1. The third-order valence-electron chi connectivity index (χ3n) is 4.20. The van der Waals surface area contributed by atoms with Crippen molar-refractivity contribution in [3.8, 4) is 0 Å². The maximum absolute atomic E-state index is 12.1. The van der Waals surface area contributed by atoms with E-state index in [4.69, 9.17) is 10.5 Å². The number of hydrogen-bond acceptors (Lipinski definition) is 3. The number of carbonyl (C=O) groups excluding carboxylic acids is 2. The summed E-state index contributed by atoms with van der Waals surface area (Å²) in [7, 11) is 0. The van der Waals surface area contributed by atoms with Crippen LogP contribution >= 0.6 is 15.9 Å². The summed E-state index contributed by atoms with van der Waals surface area (Å²) in [6, 6.07) is 7.70. The van der Waals surface area contributed by atoms with Gasteiger partial charge in [0, 0.05) is 17.6 Å². The summed E-state index contributed by atoms with van der Waals surface area (Å²) < 4.78 is 6.38. The van der Waals surface area contributed by atoms with Gasteiger partial charge < -0.3 is 15.4 Å². The van der Waals surface area contributed by atoms with Gasteiger partial charge in [0.25, 0.3) is 0 Å². The summed E-state index contributed by atoms with van der Waals surface area (Å²) >= 11 is 3.40. The number of amides is 2. The Hall–Kier alpha value is -1.56. The van der Waals surface area contributed by atoms with Crippen molar-refractivity contribution >= 4 is 27.9 Å². The molecule has 1 aromatic carbocycles. The third-order valence-corrected chi connectivity index (χ3v) is 4.73. The summed E-state index contributed by atoms with van der Waals surface area (Å²) in [5, 5.41) is 0. The number of piperidine rings is 1. The molecule has 0 unspecified atom stereocenters. The normalized spacial score (nSPS) is 17.4. The van der Waals surface area contributed by atoms with Gasteiger partial charge in [-0.2, -0.15) is 0 Å². The van der Waals surface area contributed by atoms with Gasteiger partial charge in [-0.15, -0.1) is 0 Å². The predicted octanol–water partition coefficient (Wildman–Crippen LogP) is 3.67. The minimum absolute atomic E-state index is 0.141. The van der Waals surface area contributed by atoms with Crippen LogP contribution in [0.25, 0.3) is 0 Å². The van der Waals surface area contributed by atoms with Crippen LogP contribution in [0, 0.1) is 5.92 Å². The predicted molar refractivity (Wildman–Crippen MR) is 96.6 cm³/mol. The summed E-state index contributed by atoms with van der Waals surface area (Å²) in [6.45, 7) is 6.73. The smallest absolute Gasteiger partial charge is 0.410 e. The van der Waals surface area contributed by atoms with Gasteiger partial charge in [-0.25, -0.2) is 4.79 Å². The van der Waals surface area contributed by atoms with E-state index in [-0.39, 0.29) is 23.8 Å². The third kappa shape index (κ3) is 4.97. The number of hydrogen-bond donors (Lipinski definition) is 1. The van der Waals surface area contributed by atoms with Crippen LogP contribution in [-0.4, -0.2) is 35.6 Å². The summed E-state index contributed by atoms with van der Waals surface area (Å²) in [4.78, 5) is 25.8. The number of benzene rings is 1. The van der Waals surface area contributed by atoms with Gasteiger partial charge in [0.2, 0.25) is 5.91 Å². The van der Waals surface area contributed by atoms with Gasteiger partial charge in [0.1, 0.15) is 5.60 Å². The number of rotatable bonds is 3. The zero-order chi connectivity index (χ0) is 17.9. The van der Waals surface area contributed by atoms with E-state index in [1.165, 1.54) is 0 Å². The fourth-order valence-corrected chi connectivity index (χ4v) is 3.35. The molecule has 6 heteroatoms. The summed E-state index contributed by atoms with van der Waals surface area (Å²) in [5.74, 6) is -0.491. The molecule has 2 rings (SSSR count). The van der Waals surface area contributed by atoms with Crippen LogP contribution in [-0.2, 0) is 9.53 Å². The second-order valence-electron chi connectivity index (χ2n) is 7.24. The minimum Gasteiger partial charge on any atom is -0.444 e. The molecular formula is C18H25BrN2O3. The molecule has 0 aromatic heterocycles. The molecule has 1 aliphatic rings. The Labute approximate surface area is 151 Å². The first-order valence-corrected chi connectivity index (χ1v) is 8.99. The van der Waals surface area contributed by atoms with Gasteiger partial charge in [-0.05, 0) is 57.2 Å². The Morgan fingerprint density at radius 3 is 2.21 bits per heavy atom. The van der Waals surface area contributed by atoms with E-state index in [0.29, 0.717) is 13.1 Å². The van der Waals surface area contributed by atoms with E-state index in [1.807, 2.05) is 45.0 Å². The molecule has 0 spiro atoms. The second-order valence-corrected chi connectivity index (χ2v) is 8.15. The van der Waals surface area contributed by atoms with Crippen molar-refractivity contribution in [1.29, 1.82) is 0 Å². The first-order chi connectivity index (χ1) is 11.2. The lowest BCUT2D eigenvalue weighted by Crippen LogP contribution is -2.43. The zero-order valence-electron chi connectivity index (χ0n) is 14.4. The lowest BCUT2D eigenvalue weighted by atomic mass is 9.79. The SMILES string of the molecule is CC(C)(C)OC(=O)N1CCC([C@@H](C(N)=O)c2ccc(Br)cc2)CC1. The van der Waals surface area contributed by atoms with Crippen molar-refractivity contribution in [2.24, 2.45) is 11.7 Å². The molecule has 5 nitrogen and oxygen atoms in total. The van der Waals surface area contributed by atoms with Gasteiger partial charge in [0.15, 0.2) is 0 Å². The molecule has 0 saturated carbocycles. The number of ether oxygens (including phenoxy) is 1. The summed E-state index contributed by atoms with van der Waals surface area (Å²) in [6.07, 6.45) is 1.19. The molecule has 2 amide bonds. The number of likely N-dealkylation sites (tertiary alicyclic amines) is 1. The average Bonchev–Trinajstić information content (AvgIpc) is 2.48. The molecule has 0 aliphatic carbocycles. The maximum atomic E-state index is 12.1. The molecule has 1 aromatic rings. The van der Waals surface area contributed by atoms with Gasteiger partial charge in [0.05, 0.1) is 5.92 Å². The van der Waals surface area contributed by atoms with Crippen molar-refractivity contribution in [3.05, 3.63) is 34.3 Å². The molecule has 0 bridgehead atoms. The maximum Gasteiger partial charge on any atom is 0.410 e. The van der Waals surface area contributed by atoms with Crippen LogP contribution in [0.4, 0.5) is 4.79 Å². The van der Waals surface area contributed by atoms with Crippen molar-refractivity contribution < 1.29 is 14.3 Å². The minimum atomic E-state index is -0.499. The van der Waals surface area contributed by atoms with E-state index in [0.717, 1.165) is 22.9 Å². The topological polar surface area (TPSA) is 72.6 Å². The fraction of sp³-hybridized carbons (Fsp3) is 0.556. The van der Waals surface area contributed by atoms with E-state index < -0.39 is 5.60 Å². The molecule has 132 valence electrons. The fourth-order valence-electron chi connectivity index (χ4n) is 3.08.